The fraction of sp³-hybridized carbons (Fsp3) is 0.308. The number of ether oxygens (including phenoxy) is 1. The third kappa shape index (κ3) is 8.23. The van der Waals surface area contributed by atoms with Gasteiger partial charge in [0.25, 0.3) is 6.35 Å². The summed E-state index contributed by atoms with van der Waals surface area (Å²) in [6.07, 6.45) is 7.85. The minimum Gasteiger partial charge on any atom is -0.744 e. The molecule has 0 saturated heterocycles. The lowest BCUT2D eigenvalue weighted by Gasteiger charge is -2.34. The van der Waals surface area contributed by atoms with Crippen LogP contribution in [0, 0.1) is 0 Å². The Morgan fingerprint density at radius 1 is 1.09 bits per heavy atom. The summed E-state index contributed by atoms with van der Waals surface area (Å²) in [6, 6.07) is 13.9. The molecule has 7 nitrogen and oxygen atoms in total. The van der Waals surface area contributed by atoms with E-state index in [0.717, 1.165) is 30.6 Å². The van der Waals surface area contributed by atoms with Gasteiger partial charge in [0.15, 0.2) is 0 Å². The van der Waals surface area contributed by atoms with Gasteiger partial charge in [-0.3, -0.25) is 0 Å². The third-order valence-electron chi connectivity index (χ3n) is 5.37. The molecule has 0 fully saturated rings. The van der Waals surface area contributed by atoms with Crippen molar-refractivity contribution in [3.05, 3.63) is 90.8 Å². The molecular formula is C26H34N2O5S. The average Bonchev–Trinajstić information content (AvgIpc) is 3.17. The van der Waals surface area contributed by atoms with Gasteiger partial charge in [-0.05, 0) is 37.1 Å². The van der Waals surface area contributed by atoms with Crippen LogP contribution in [0.1, 0.15) is 37.0 Å². The second kappa shape index (κ2) is 12.6. The van der Waals surface area contributed by atoms with E-state index in [1.807, 2.05) is 32.3 Å². The molecule has 2 aromatic carbocycles. The number of aliphatic hydroxyl groups excluding tert-OH is 1. The van der Waals surface area contributed by atoms with Crippen LogP contribution in [0.2, 0.25) is 0 Å². The van der Waals surface area contributed by atoms with Crippen molar-refractivity contribution in [2.75, 3.05) is 13.2 Å². The summed E-state index contributed by atoms with van der Waals surface area (Å²) < 4.78 is 37.5. The van der Waals surface area contributed by atoms with Crippen LogP contribution < -0.4 is 5.32 Å². The number of nitrogens with one attached hydrogen (secondary N) is 1. The van der Waals surface area contributed by atoms with Crippen molar-refractivity contribution in [2.24, 2.45) is 0 Å². The predicted molar refractivity (Wildman–Crippen MR) is 134 cm³/mol. The number of aliphatic hydroxyl groups is 1. The van der Waals surface area contributed by atoms with Crippen LogP contribution in [0.5, 0.6) is 0 Å². The van der Waals surface area contributed by atoms with Gasteiger partial charge in [-0.1, -0.05) is 61.7 Å². The molecule has 2 aromatic rings. The number of benzene rings is 2. The summed E-state index contributed by atoms with van der Waals surface area (Å²) in [7, 11) is -4.31. The molecule has 184 valence electrons. The van der Waals surface area contributed by atoms with Crippen molar-refractivity contribution >= 4 is 22.3 Å². The zero-order valence-corrected chi connectivity index (χ0v) is 20.6. The number of nitrogens with zero attached hydrogens (tertiary/aromatic N) is 1. The maximum atomic E-state index is 10.5. The molecule has 0 radical (unpaired) electrons. The maximum Gasteiger partial charge on any atom is 0.276 e. The Kier molecular flexibility index (Phi) is 10.2. The highest BCUT2D eigenvalue weighted by Gasteiger charge is 2.37. The SMILES string of the molecule is C=Cc1ccc(C[N+]2(CCCOC(C)C)C=CNC2O)cc1.C=Cc1ccc(S(=O)(=O)[O-])cc1. The first kappa shape index (κ1) is 27.5. The van der Waals surface area contributed by atoms with Gasteiger partial charge in [0, 0.05) is 12.0 Å². The highest BCUT2D eigenvalue weighted by molar-refractivity contribution is 7.85. The van der Waals surface area contributed by atoms with Crippen LogP contribution in [0.3, 0.4) is 0 Å². The summed E-state index contributed by atoms with van der Waals surface area (Å²) >= 11 is 0. The summed E-state index contributed by atoms with van der Waals surface area (Å²) in [4.78, 5) is -0.215. The van der Waals surface area contributed by atoms with E-state index in [4.69, 9.17) is 4.74 Å². The zero-order valence-electron chi connectivity index (χ0n) is 19.8. The van der Waals surface area contributed by atoms with Crippen molar-refractivity contribution in [1.29, 1.82) is 0 Å². The minimum atomic E-state index is -4.31. The highest BCUT2D eigenvalue weighted by Crippen LogP contribution is 2.23. The van der Waals surface area contributed by atoms with E-state index < -0.39 is 16.5 Å². The van der Waals surface area contributed by atoms with E-state index in [2.05, 4.69) is 42.7 Å². The topological polar surface area (TPSA) is 98.7 Å². The quantitative estimate of drug-likeness (QED) is 0.299. The van der Waals surface area contributed by atoms with Gasteiger partial charge in [0.1, 0.15) is 22.9 Å². The van der Waals surface area contributed by atoms with Crippen LogP contribution in [-0.4, -0.2) is 48.2 Å². The maximum absolute atomic E-state index is 10.5. The van der Waals surface area contributed by atoms with Gasteiger partial charge in [0.2, 0.25) is 0 Å². The number of hydrogen-bond acceptors (Lipinski definition) is 6. The molecule has 8 heteroatoms. The van der Waals surface area contributed by atoms with Gasteiger partial charge in [-0.2, -0.15) is 0 Å². The molecule has 2 unspecified atom stereocenters. The molecular weight excluding hydrogens is 452 g/mol. The van der Waals surface area contributed by atoms with Gasteiger partial charge < -0.3 is 19.7 Å². The number of rotatable bonds is 10. The monoisotopic (exact) mass is 486 g/mol. The van der Waals surface area contributed by atoms with Crippen LogP contribution in [-0.2, 0) is 21.4 Å². The molecule has 0 saturated carbocycles. The Morgan fingerprint density at radius 3 is 2.09 bits per heavy atom. The molecule has 34 heavy (non-hydrogen) atoms. The summed E-state index contributed by atoms with van der Waals surface area (Å²) in [5.74, 6) is 0. The Labute approximate surface area is 203 Å². The van der Waals surface area contributed by atoms with Crippen LogP contribution >= 0.6 is 0 Å². The normalized spacial score (nSPS) is 19.3. The first-order chi connectivity index (χ1) is 16.1. The highest BCUT2D eigenvalue weighted by atomic mass is 32.2. The van der Waals surface area contributed by atoms with Gasteiger partial charge in [0.05, 0.1) is 30.4 Å². The van der Waals surface area contributed by atoms with Crippen LogP contribution in [0.4, 0.5) is 0 Å². The molecule has 0 amide bonds. The van der Waals surface area contributed by atoms with Crippen molar-refractivity contribution in [2.45, 2.75) is 44.2 Å². The van der Waals surface area contributed by atoms with Crippen LogP contribution in [0.25, 0.3) is 12.2 Å². The van der Waals surface area contributed by atoms with Gasteiger partial charge >= 0.3 is 0 Å². The molecule has 2 N–H and O–H groups in total. The molecule has 0 spiro atoms. The Bertz CT molecular complexity index is 1060. The fourth-order valence-corrected chi connectivity index (χ4v) is 3.94. The summed E-state index contributed by atoms with van der Waals surface area (Å²) in [5, 5.41) is 13.3. The number of quaternary nitrogens is 1. The Morgan fingerprint density at radius 2 is 1.65 bits per heavy atom. The summed E-state index contributed by atoms with van der Waals surface area (Å²) in [5.41, 5.74) is 3.08. The lowest BCUT2D eigenvalue weighted by molar-refractivity contribution is -0.935. The largest absolute Gasteiger partial charge is 0.744 e. The molecule has 2 atom stereocenters. The molecule has 3 rings (SSSR count). The summed E-state index contributed by atoms with van der Waals surface area (Å²) in [6.45, 7) is 13.7. The standard InChI is InChI=1S/C18H27N2O2.C8H8O3S/c1-4-16-6-8-17(9-7-16)14-20(12-10-19-18(20)21)11-5-13-22-15(2)3;1-2-7-3-5-8(6-4-7)12(9,10)11/h4,6-10,12,15,18-19,21H,1,5,11,13-14H2,2-3H3;2-6H,1H2,(H,9,10,11)/q+1;/p-1. The van der Waals surface area contributed by atoms with Crippen molar-refractivity contribution in [1.82, 2.24) is 5.32 Å². The second-order valence-corrected chi connectivity index (χ2v) is 9.67. The van der Waals surface area contributed by atoms with E-state index in [1.165, 1.54) is 29.8 Å². The van der Waals surface area contributed by atoms with E-state index >= 15 is 0 Å². The van der Waals surface area contributed by atoms with E-state index in [-0.39, 0.29) is 11.0 Å². The molecule has 0 bridgehead atoms. The van der Waals surface area contributed by atoms with E-state index in [0.29, 0.717) is 11.1 Å². The smallest absolute Gasteiger partial charge is 0.276 e. The molecule has 1 aliphatic heterocycles. The first-order valence-electron chi connectivity index (χ1n) is 11.1. The minimum absolute atomic E-state index is 0.215. The first-order valence-corrected chi connectivity index (χ1v) is 12.5. The van der Waals surface area contributed by atoms with Crippen LogP contribution in [0.15, 0.2) is 79.0 Å². The lowest BCUT2D eigenvalue weighted by atomic mass is 10.1. The fourth-order valence-electron chi connectivity index (χ4n) is 3.47. The lowest BCUT2D eigenvalue weighted by Crippen LogP contribution is -2.52. The van der Waals surface area contributed by atoms with Gasteiger partial charge in [-0.25, -0.2) is 12.9 Å². The second-order valence-electron chi connectivity index (χ2n) is 8.29. The molecule has 1 aliphatic rings. The Hall–Kier alpha value is -2.75. The Balaban J connectivity index is 0.000000287. The number of hydrogen-bond donors (Lipinski definition) is 2. The molecule has 0 aromatic heterocycles. The third-order valence-corrected chi connectivity index (χ3v) is 6.22. The van der Waals surface area contributed by atoms with E-state index in [1.54, 1.807) is 6.08 Å². The van der Waals surface area contributed by atoms with Crippen molar-refractivity contribution < 1.29 is 27.3 Å². The molecule has 1 heterocycles. The van der Waals surface area contributed by atoms with Crippen molar-refractivity contribution in [3.8, 4) is 0 Å². The predicted octanol–water partition coefficient (Wildman–Crippen LogP) is 4.05. The van der Waals surface area contributed by atoms with Crippen molar-refractivity contribution in [3.63, 3.8) is 0 Å². The van der Waals surface area contributed by atoms with Gasteiger partial charge in [-0.15, -0.1) is 0 Å². The average molecular weight is 487 g/mol. The molecule has 0 aliphatic carbocycles. The zero-order chi connectivity index (χ0) is 25.2. The van der Waals surface area contributed by atoms with E-state index in [9.17, 15) is 18.1 Å².